The summed E-state index contributed by atoms with van der Waals surface area (Å²) in [7, 11) is 0. The third-order valence-electron chi connectivity index (χ3n) is 2.28. The second-order valence-electron chi connectivity index (χ2n) is 3.55. The largest absolute Gasteiger partial charge is 0.396 e. The van der Waals surface area contributed by atoms with Crippen molar-refractivity contribution in [2.75, 3.05) is 11.1 Å². The molecular weight excluding hydrogens is 365 g/mol. The number of hydrogen-bond donors (Lipinski definition) is 2. The van der Waals surface area contributed by atoms with E-state index in [4.69, 9.17) is 17.3 Å². The molecule has 1 amide bonds. The molecule has 0 atom stereocenters. The van der Waals surface area contributed by atoms with Crippen LogP contribution in [0.3, 0.4) is 0 Å². The highest BCUT2D eigenvalue weighted by atomic mass is 127. The van der Waals surface area contributed by atoms with Crippen LogP contribution in [0.2, 0.25) is 5.02 Å². The fraction of sp³-hybridized carbons (Fsp3) is 0. The third kappa shape index (κ3) is 2.91. The second kappa shape index (κ2) is 5.53. The van der Waals surface area contributed by atoms with Crippen LogP contribution in [0.1, 0.15) is 10.4 Å². The van der Waals surface area contributed by atoms with Gasteiger partial charge in [-0.1, -0.05) is 11.6 Å². The average Bonchev–Trinajstić information content (AvgIpc) is 2.35. The molecule has 92 valence electrons. The molecule has 1 aromatic heterocycles. The van der Waals surface area contributed by atoms with Crippen molar-refractivity contribution in [2.24, 2.45) is 0 Å². The number of carbonyl (C=O) groups excluding carboxylic acids is 1. The van der Waals surface area contributed by atoms with E-state index in [-0.39, 0.29) is 5.91 Å². The predicted octanol–water partition coefficient (Wildman–Crippen LogP) is 3.17. The number of pyridine rings is 1. The summed E-state index contributed by atoms with van der Waals surface area (Å²) in [4.78, 5) is 15.8. The molecule has 0 saturated carbocycles. The number of amides is 1. The Morgan fingerprint density at radius 2 is 2.17 bits per heavy atom. The van der Waals surface area contributed by atoms with E-state index in [0.29, 0.717) is 22.0 Å². The van der Waals surface area contributed by atoms with Gasteiger partial charge in [0.25, 0.3) is 5.91 Å². The molecule has 0 spiro atoms. The van der Waals surface area contributed by atoms with Crippen LogP contribution >= 0.6 is 34.2 Å². The van der Waals surface area contributed by atoms with E-state index in [9.17, 15) is 4.79 Å². The van der Waals surface area contributed by atoms with E-state index >= 15 is 0 Å². The highest BCUT2D eigenvalue weighted by Crippen LogP contribution is 2.21. The molecule has 4 nitrogen and oxygen atoms in total. The van der Waals surface area contributed by atoms with E-state index in [0.717, 1.165) is 3.57 Å². The maximum atomic E-state index is 12.0. The standard InChI is InChI=1S/C12H9ClIN3O/c13-8-5-7(1-2-9(8)14)12(18)17-11-3-4-16-6-10(11)15/h1-6H,15H2,(H,16,17,18). The fourth-order valence-corrected chi connectivity index (χ4v) is 1.87. The van der Waals surface area contributed by atoms with Gasteiger partial charge < -0.3 is 11.1 Å². The lowest BCUT2D eigenvalue weighted by atomic mass is 10.2. The van der Waals surface area contributed by atoms with Gasteiger partial charge in [0.15, 0.2) is 0 Å². The maximum absolute atomic E-state index is 12.0. The Hall–Kier alpha value is -1.34. The molecule has 1 aromatic carbocycles. The Kier molecular flexibility index (Phi) is 4.03. The monoisotopic (exact) mass is 373 g/mol. The van der Waals surface area contributed by atoms with Gasteiger partial charge >= 0.3 is 0 Å². The number of carbonyl (C=O) groups is 1. The normalized spacial score (nSPS) is 10.1. The topological polar surface area (TPSA) is 68.0 Å². The molecule has 1 heterocycles. The number of nitrogens with zero attached hydrogens (tertiary/aromatic N) is 1. The van der Waals surface area contributed by atoms with Crippen LogP contribution < -0.4 is 11.1 Å². The summed E-state index contributed by atoms with van der Waals surface area (Å²) in [6, 6.07) is 6.76. The van der Waals surface area contributed by atoms with Gasteiger partial charge in [0.1, 0.15) is 0 Å². The van der Waals surface area contributed by atoms with Crippen molar-refractivity contribution in [1.82, 2.24) is 4.98 Å². The quantitative estimate of drug-likeness (QED) is 0.795. The molecular formula is C12H9ClIN3O. The Labute approximate surface area is 123 Å². The van der Waals surface area contributed by atoms with Gasteiger partial charge in [-0.3, -0.25) is 9.78 Å². The molecule has 0 fully saturated rings. The van der Waals surface area contributed by atoms with Crippen molar-refractivity contribution < 1.29 is 4.79 Å². The minimum atomic E-state index is -0.258. The summed E-state index contributed by atoms with van der Waals surface area (Å²) in [5, 5.41) is 3.26. The Morgan fingerprint density at radius 1 is 1.39 bits per heavy atom. The summed E-state index contributed by atoms with van der Waals surface area (Å²) in [6.45, 7) is 0. The van der Waals surface area contributed by atoms with Crippen LogP contribution in [0.4, 0.5) is 11.4 Å². The van der Waals surface area contributed by atoms with Gasteiger partial charge in [-0.15, -0.1) is 0 Å². The van der Waals surface area contributed by atoms with Crippen LogP contribution in [0, 0.1) is 3.57 Å². The fourth-order valence-electron chi connectivity index (χ4n) is 1.35. The van der Waals surface area contributed by atoms with Crippen LogP contribution in [-0.4, -0.2) is 10.9 Å². The number of nitrogens with one attached hydrogen (secondary N) is 1. The number of nitrogens with two attached hydrogens (primary N) is 1. The first-order valence-corrected chi connectivity index (χ1v) is 6.49. The second-order valence-corrected chi connectivity index (χ2v) is 5.12. The first kappa shape index (κ1) is 13.1. The highest BCUT2D eigenvalue weighted by Gasteiger charge is 2.09. The molecule has 0 bridgehead atoms. The number of anilines is 2. The van der Waals surface area contributed by atoms with Crippen LogP contribution in [-0.2, 0) is 0 Å². The van der Waals surface area contributed by atoms with E-state index in [1.807, 2.05) is 0 Å². The molecule has 6 heteroatoms. The number of halogens is 2. The summed E-state index contributed by atoms with van der Waals surface area (Å²) in [6.07, 6.45) is 3.05. The van der Waals surface area contributed by atoms with Crippen LogP contribution in [0.15, 0.2) is 36.7 Å². The molecule has 0 aliphatic heterocycles. The molecule has 2 aromatic rings. The van der Waals surface area contributed by atoms with Crippen molar-refractivity contribution in [3.05, 3.63) is 50.8 Å². The number of hydrogen-bond acceptors (Lipinski definition) is 3. The first-order valence-electron chi connectivity index (χ1n) is 5.04. The molecule has 2 rings (SSSR count). The molecule has 0 saturated heterocycles. The first-order chi connectivity index (χ1) is 8.58. The van der Waals surface area contributed by atoms with Gasteiger partial charge in [-0.25, -0.2) is 0 Å². The molecule has 3 N–H and O–H groups in total. The van der Waals surface area contributed by atoms with Crippen molar-refractivity contribution in [3.63, 3.8) is 0 Å². The number of aromatic nitrogens is 1. The lowest BCUT2D eigenvalue weighted by Gasteiger charge is -2.08. The highest BCUT2D eigenvalue weighted by molar-refractivity contribution is 14.1. The van der Waals surface area contributed by atoms with Gasteiger partial charge in [-0.05, 0) is 46.9 Å². The Morgan fingerprint density at radius 3 is 2.83 bits per heavy atom. The van der Waals surface area contributed by atoms with E-state index in [1.54, 1.807) is 30.5 Å². The zero-order chi connectivity index (χ0) is 13.1. The van der Waals surface area contributed by atoms with Crippen molar-refractivity contribution in [1.29, 1.82) is 0 Å². The number of rotatable bonds is 2. The molecule has 0 radical (unpaired) electrons. The Bertz CT molecular complexity index is 604. The van der Waals surface area contributed by atoms with Gasteiger partial charge in [0.05, 0.1) is 22.6 Å². The third-order valence-corrected chi connectivity index (χ3v) is 3.85. The van der Waals surface area contributed by atoms with Gasteiger partial charge in [0.2, 0.25) is 0 Å². The smallest absolute Gasteiger partial charge is 0.255 e. The minimum absolute atomic E-state index is 0.258. The van der Waals surface area contributed by atoms with Gasteiger partial charge in [0, 0.05) is 15.3 Å². The van der Waals surface area contributed by atoms with E-state index in [2.05, 4.69) is 32.9 Å². The average molecular weight is 374 g/mol. The molecule has 0 aliphatic rings. The summed E-state index contributed by atoms with van der Waals surface area (Å²) >= 11 is 8.07. The minimum Gasteiger partial charge on any atom is -0.396 e. The molecule has 18 heavy (non-hydrogen) atoms. The lowest BCUT2D eigenvalue weighted by Crippen LogP contribution is -2.13. The molecule has 0 aliphatic carbocycles. The van der Waals surface area contributed by atoms with E-state index in [1.165, 1.54) is 6.20 Å². The summed E-state index contributed by atoms with van der Waals surface area (Å²) in [5.41, 5.74) is 7.13. The van der Waals surface area contributed by atoms with Gasteiger partial charge in [-0.2, -0.15) is 0 Å². The lowest BCUT2D eigenvalue weighted by molar-refractivity contribution is 0.102. The summed E-state index contributed by atoms with van der Waals surface area (Å²) < 4.78 is 0.897. The maximum Gasteiger partial charge on any atom is 0.255 e. The summed E-state index contributed by atoms with van der Waals surface area (Å²) in [5.74, 6) is -0.258. The number of nitrogen functional groups attached to an aromatic ring is 1. The predicted molar refractivity (Wildman–Crippen MR) is 80.8 cm³/mol. The molecule has 0 unspecified atom stereocenters. The zero-order valence-corrected chi connectivity index (χ0v) is 12.1. The number of benzene rings is 1. The zero-order valence-electron chi connectivity index (χ0n) is 9.15. The van der Waals surface area contributed by atoms with Crippen molar-refractivity contribution >= 4 is 51.5 Å². The van der Waals surface area contributed by atoms with E-state index < -0.39 is 0 Å². The van der Waals surface area contributed by atoms with Crippen molar-refractivity contribution in [3.8, 4) is 0 Å². The van der Waals surface area contributed by atoms with Crippen LogP contribution in [0.5, 0.6) is 0 Å². The SMILES string of the molecule is Nc1cnccc1NC(=O)c1ccc(I)c(Cl)c1. The van der Waals surface area contributed by atoms with Crippen LogP contribution in [0.25, 0.3) is 0 Å². The Balaban J connectivity index is 2.22. The van der Waals surface area contributed by atoms with Crippen molar-refractivity contribution in [2.45, 2.75) is 0 Å².